The van der Waals surface area contributed by atoms with Crippen molar-refractivity contribution in [2.45, 2.75) is 52.0 Å². The van der Waals surface area contributed by atoms with Crippen molar-refractivity contribution in [2.75, 3.05) is 18.8 Å². The molecule has 0 saturated carbocycles. The number of carbonyl (C=O) groups is 2. The van der Waals surface area contributed by atoms with Gasteiger partial charge in [-0.25, -0.2) is 9.97 Å². The van der Waals surface area contributed by atoms with E-state index < -0.39 is 6.04 Å². The third-order valence-electron chi connectivity index (χ3n) is 5.70. The van der Waals surface area contributed by atoms with Crippen LogP contribution in [0.4, 0.5) is 5.82 Å². The first kappa shape index (κ1) is 22.9. The molecule has 0 radical (unpaired) electrons. The normalized spacial score (nSPS) is 17.6. The van der Waals surface area contributed by atoms with Crippen molar-refractivity contribution in [1.29, 1.82) is 0 Å². The molecule has 31 heavy (non-hydrogen) atoms. The molecular weight excluding hydrogens is 416 g/mol. The lowest BCUT2D eigenvalue weighted by molar-refractivity contribution is -0.132. The van der Waals surface area contributed by atoms with E-state index in [2.05, 4.69) is 20.3 Å². The monoisotopic (exact) mass is 444 g/mol. The van der Waals surface area contributed by atoms with E-state index in [1.165, 1.54) is 6.20 Å². The van der Waals surface area contributed by atoms with Crippen LogP contribution in [0.1, 0.15) is 54.4 Å². The minimum absolute atomic E-state index is 0.0582. The summed E-state index contributed by atoms with van der Waals surface area (Å²) in [7, 11) is 0. The summed E-state index contributed by atoms with van der Waals surface area (Å²) < 4.78 is 0. The number of nitrogens with one attached hydrogen (secondary N) is 1. The van der Waals surface area contributed by atoms with Crippen LogP contribution in [0.5, 0.6) is 0 Å². The number of rotatable bonds is 6. The molecule has 8 nitrogen and oxygen atoms in total. The highest BCUT2D eigenvalue weighted by atomic mass is 35.5. The molecule has 9 heteroatoms. The smallest absolute Gasteiger partial charge is 0.253 e. The number of pyridine rings is 1. The van der Waals surface area contributed by atoms with Crippen LogP contribution in [0.2, 0.25) is 5.15 Å². The van der Waals surface area contributed by atoms with Gasteiger partial charge in [-0.15, -0.1) is 0 Å². The van der Waals surface area contributed by atoms with E-state index in [0.717, 1.165) is 37.7 Å². The Hall–Kier alpha value is -2.74. The maximum absolute atomic E-state index is 12.9. The number of nitrogens with two attached hydrogens (primary N) is 1. The van der Waals surface area contributed by atoms with Crippen molar-refractivity contribution in [2.24, 2.45) is 5.92 Å². The van der Waals surface area contributed by atoms with E-state index in [4.69, 9.17) is 17.3 Å². The Morgan fingerprint density at radius 1 is 1.32 bits per heavy atom. The minimum Gasteiger partial charge on any atom is -0.383 e. The molecule has 166 valence electrons. The first-order valence-corrected chi connectivity index (χ1v) is 11.0. The van der Waals surface area contributed by atoms with Gasteiger partial charge in [0.25, 0.3) is 5.91 Å². The number of nitrogens with zero attached hydrogens (tertiary/aromatic N) is 4. The number of likely N-dealkylation sites (tertiary alicyclic amines) is 1. The van der Waals surface area contributed by atoms with Crippen LogP contribution >= 0.6 is 11.6 Å². The van der Waals surface area contributed by atoms with Gasteiger partial charge in [0.05, 0.1) is 5.56 Å². The summed E-state index contributed by atoms with van der Waals surface area (Å²) >= 11 is 6.25. The van der Waals surface area contributed by atoms with Crippen molar-refractivity contribution in [3.05, 3.63) is 46.6 Å². The number of nitrogen functional groups attached to an aromatic ring is 1. The molecule has 1 saturated heterocycles. The standard InChI is InChI=1S/C22H29ClN6O2/c1-14(26-21(30)17-6-3-10-25-13-17)22(31)29-11-4-5-16(9-12-29)7-8-18-19(23)27-15(2)28-20(18)24/h3,6,10,13-14,16H,4-5,7-9,11-12H2,1-2H3,(H,26,30)(H2,24,27,28)/t14-,16?/m0/s1. The van der Waals surface area contributed by atoms with Crippen LogP contribution in [0.25, 0.3) is 0 Å². The first-order chi connectivity index (χ1) is 14.8. The zero-order valence-electron chi connectivity index (χ0n) is 18.0. The molecular formula is C22H29ClN6O2. The largest absolute Gasteiger partial charge is 0.383 e. The highest BCUT2D eigenvalue weighted by Crippen LogP contribution is 2.27. The lowest BCUT2D eigenvalue weighted by Crippen LogP contribution is -2.47. The molecule has 1 fully saturated rings. The number of aryl methyl sites for hydroxylation is 1. The zero-order chi connectivity index (χ0) is 22.4. The second-order valence-corrected chi connectivity index (χ2v) is 8.38. The number of carbonyl (C=O) groups excluding carboxylic acids is 2. The van der Waals surface area contributed by atoms with E-state index in [1.54, 1.807) is 32.2 Å². The van der Waals surface area contributed by atoms with E-state index >= 15 is 0 Å². The van der Waals surface area contributed by atoms with Gasteiger partial charge in [0.2, 0.25) is 5.91 Å². The average Bonchev–Trinajstić information content (AvgIpc) is 2.98. The summed E-state index contributed by atoms with van der Waals surface area (Å²) in [5.41, 5.74) is 7.26. The lowest BCUT2D eigenvalue weighted by atomic mass is 9.93. The summed E-state index contributed by atoms with van der Waals surface area (Å²) in [4.78, 5) is 39.4. The van der Waals surface area contributed by atoms with Crippen LogP contribution in [-0.4, -0.2) is 50.8 Å². The summed E-state index contributed by atoms with van der Waals surface area (Å²) in [6.07, 6.45) is 7.60. The number of amides is 2. The molecule has 1 aliphatic rings. The summed E-state index contributed by atoms with van der Waals surface area (Å²) in [6.45, 7) is 4.85. The molecule has 2 aromatic heterocycles. The van der Waals surface area contributed by atoms with Gasteiger partial charge in [-0.05, 0) is 64.0 Å². The third kappa shape index (κ3) is 6.13. The van der Waals surface area contributed by atoms with E-state index in [-0.39, 0.29) is 11.8 Å². The number of anilines is 1. The average molecular weight is 445 g/mol. The van der Waals surface area contributed by atoms with Crippen LogP contribution < -0.4 is 11.1 Å². The summed E-state index contributed by atoms with van der Waals surface area (Å²) in [5, 5.41) is 3.20. The van der Waals surface area contributed by atoms with Gasteiger partial charge in [-0.3, -0.25) is 14.6 Å². The second-order valence-electron chi connectivity index (χ2n) is 8.02. The molecule has 2 atom stereocenters. The molecule has 0 aromatic carbocycles. The number of halogens is 1. The van der Waals surface area contributed by atoms with Crippen molar-refractivity contribution in [3.63, 3.8) is 0 Å². The first-order valence-electron chi connectivity index (χ1n) is 10.6. The van der Waals surface area contributed by atoms with Crippen molar-refractivity contribution < 1.29 is 9.59 Å². The molecule has 0 aliphatic carbocycles. The van der Waals surface area contributed by atoms with Crippen molar-refractivity contribution >= 4 is 29.2 Å². The minimum atomic E-state index is -0.590. The van der Waals surface area contributed by atoms with Gasteiger partial charge >= 0.3 is 0 Å². The summed E-state index contributed by atoms with van der Waals surface area (Å²) in [5.74, 6) is 1.13. The topological polar surface area (TPSA) is 114 Å². The van der Waals surface area contributed by atoms with E-state index in [9.17, 15) is 9.59 Å². The van der Waals surface area contributed by atoms with Gasteiger partial charge in [0.1, 0.15) is 22.8 Å². The third-order valence-corrected chi connectivity index (χ3v) is 6.02. The number of aromatic nitrogens is 3. The van der Waals surface area contributed by atoms with Gasteiger partial charge in [0, 0.05) is 31.0 Å². The van der Waals surface area contributed by atoms with E-state index in [0.29, 0.717) is 41.4 Å². The van der Waals surface area contributed by atoms with Crippen molar-refractivity contribution in [1.82, 2.24) is 25.2 Å². The Kier molecular flexibility index (Phi) is 7.79. The van der Waals surface area contributed by atoms with Gasteiger partial charge in [-0.2, -0.15) is 0 Å². The fraction of sp³-hybridized carbons (Fsp3) is 0.500. The lowest BCUT2D eigenvalue weighted by Gasteiger charge is -2.25. The number of hydrogen-bond acceptors (Lipinski definition) is 6. The van der Waals surface area contributed by atoms with Crippen LogP contribution in [-0.2, 0) is 11.2 Å². The molecule has 3 heterocycles. The molecule has 2 amide bonds. The predicted molar refractivity (Wildman–Crippen MR) is 120 cm³/mol. The Morgan fingerprint density at radius 3 is 2.84 bits per heavy atom. The van der Waals surface area contributed by atoms with Gasteiger partial charge in [-0.1, -0.05) is 11.6 Å². The zero-order valence-corrected chi connectivity index (χ0v) is 18.7. The molecule has 3 rings (SSSR count). The van der Waals surface area contributed by atoms with E-state index in [1.807, 2.05) is 4.90 Å². The molecule has 2 aromatic rings. The Labute approximate surface area is 187 Å². The van der Waals surface area contributed by atoms with Crippen LogP contribution in [0.15, 0.2) is 24.5 Å². The maximum atomic E-state index is 12.9. The molecule has 3 N–H and O–H groups in total. The van der Waals surface area contributed by atoms with Crippen molar-refractivity contribution in [3.8, 4) is 0 Å². The fourth-order valence-electron chi connectivity index (χ4n) is 3.95. The molecule has 0 bridgehead atoms. The SMILES string of the molecule is Cc1nc(N)c(CCC2CCCN(C(=O)[C@H](C)NC(=O)c3cccnc3)CC2)c(Cl)n1. The predicted octanol–water partition coefficient (Wildman–Crippen LogP) is 2.80. The second kappa shape index (κ2) is 10.5. The van der Waals surface area contributed by atoms with Gasteiger partial charge in [0.15, 0.2) is 0 Å². The molecule has 1 aliphatic heterocycles. The Bertz CT molecular complexity index is 900. The number of hydrogen-bond donors (Lipinski definition) is 2. The fourth-order valence-corrected chi connectivity index (χ4v) is 4.26. The molecule has 1 unspecified atom stereocenters. The van der Waals surface area contributed by atoms with Crippen LogP contribution in [0.3, 0.4) is 0 Å². The highest BCUT2D eigenvalue weighted by Gasteiger charge is 2.26. The molecule has 0 spiro atoms. The quantitative estimate of drug-likeness (QED) is 0.662. The Morgan fingerprint density at radius 2 is 2.13 bits per heavy atom. The Balaban J connectivity index is 1.51. The van der Waals surface area contributed by atoms with Crippen LogP contribution in [0, 0.1) is 12.8 Å². The summed E-state index contributed by atoms with van der Waals surface area (Å²) in [6, 6.07) is 2.78. The highest BCUT2D eigenvalue weighted by molar-refractivity contribution is 6.30. The van der Waals surface area contributed by atoms with Gasteiger partial charge < -0.3 is 16.0 Å². The maximum Gasteiger partial charge on any atom is 0.253 e.